The molecule has 0 amide bonds. The third kappa shape index (κ3) is 2.82. The highest BCUT2D eigenvalue weighted by molar-refractivity contribution is 7.09. The summed E-state index contributed by atoms with van der Waals surface area (Å²) in [6.07, 6.45) is 5.13. The average Bonchev–Trinajstić information content (AvgIpc) is 3.09. The van der Waals surface area contributed by atoms with Gasteiger partial charge in [0.15, 0.2) is 5.82 Å². The van der Waals surface area contributed by atoms with Gasteiger partial charge in [-0.2, -0.15) is 0 Å². The van der Waals surface area contributed by atoms with E-state index in [0.29, 0.717) is 5.92 Å². The monoisotopic (exact) mass is 288 g/mol. The fourth-order valence-corrected chi connectivity index (χ4v) is 3.34. The highest BCUT2D eigenvalue weighted by Crippen LogP contribution is 2.34. The van der Waals surface area contributed by atoms with Crippen LogP contribution in [0.25, 0.3) is 11.5 Å². The van der Waals surface area contributed by atoms with E-state index in [-0.39, 0.29) is 0 Å². The van der Waals surface area contributed by atoms with Crippen molar-refractivity contribution in [3.63, 3.8) is 0 Å². The second kappa shape index (κ2) is 5.87. The molecule has 2 aromatic rings. The quantitative estimate of drug-likeness (QED) is 0.924. The normalized spacial score (nSPS) is 15.7. The lowest BCUT2D eigenvalue weighted by atomic mass is 10.0. The van der Waals surface area contributed by atoms with E-state index in [9.17, 15) is 0 Å². The molecule has 0 spiro atoms. The lowest BCUT2D eigenvalue weighted by molar-refractivity contribution is 0.695. The lowest BCUT2D eigenvalue weighted by Crippen LogP contribution is -2.06. The molecule has 1 aliphatic rings. The SMILES string of the molecule is CCNc1cc(C2CCCC2)nc(-c2csc(C)n2)n1. The van der Waals surface area contributed by atoms with Gasteiger partial charge in [-0.3, -0.25) is 0 Å². The molecule has 2 aromatic heterocycles. The average molecular weight is 288 g/mol. The molecule has 20 heavy (non-hydrogen) atoms. The predicted molar refractivity (Wildman–Crippen MR) is 83.2 cm³/mol. The molecule has 1 fully saturated rings. The van der Waals surface area contributed by atoms with Gasteiger partial charge in [0.05, 0.1) is 5.01 Å². The molecule has 0 bridgehead atoms. The van der Waals surface area contributed by atoms with E-state index in [1.54, 1.807) is 11.3 Å². The summed E-state index contributed by atoms with van der Waals surface area (Å²) in [5.41, 5.74) is 2.07. The first-order valence-electron chi connectivity index (χ1n) is 7.31. The Bertz CT molecular complexity index is 587. The van der Waals surface area contributed by atoms with Crippen LogP contribution in [0.4, 0.5) is 5.82 Å². The van der Waals surface area contributed by atoms with Gasteiger partial charge < -0.3 is 5.32 Å². The first-order chi connectivity index (χ1) is 9.76. The maximum Gasteiger partial charge on any atom is 0.181 e. The van der Waals surface area contributed by atoms with Gasteiger partial charge in [0.25, 0.3) is 0 Å². The summed E-state index contributed by atoms with van der Waals surface area (Å²) >= 11 is 1.65. The topological polar surface area (TPSA) is 50.7 Å². The molecule has 1 saturated carbocycles. The summed E-state index contributed by atoms with van der Waals surface area (Å²) in [7, 11) is 0. The van der Waals surface area contributed by atoms with Crippen molar-refractivity contribution in [2.75, 3.05) is 11.9 Å². The summed E-state index contributed by atoms with van der Waals surface area (Å²) < 4.78 is 0. The molecule has 5 heteroatoms. The fraction of sp³-hybridized carbons (Fsp3) is 0.533. The standard InChI is InChI=1S/C15H20N4S/c1-3-16-14-8-12(11-6-4-5-7-11)18-15(19-14)13-9-20-10(2)17-13/h8-9,11H,3-7H2,1-2H3,(H,16,18,19). The second-order valence-electron chi connectivity index (χ2n) is 5.27. The van der Waals surface area contributed by atoms with Gasteiger partial charge in [0, 0.05) is 29.6 Å². The molecule has 1 aliphatic carbocycles. The van der Waals surface area contributed by atoms with Crippen molar-refractivity contribution in [2.24, 2.45) is 0 Å². The zero-order chi connectivity index (χ0) is 13.9. The van der Waals surface area contributed by atoms with Crippen molar-refractivity contribution in [1.82, 2.24) is 15.0 Å². The van der Waals surface area contributed by atoms with E-state index >= 15 is 0 Å². The van der Waals surface area contributed by atoms with Crippen molar-refractivity contribution < 1.29 is 0 Å². The van der Waals surface area contributed by atoms with Crippen LogP contribution in [0, 0.1) is 6.92 Å². The van der Waals surface area contributed by atoms with Crippen LogP contribution in [0.2, 0.25) is 0 Å². The Morgan fingerprint density at radius 3 is 2.70 bits per heavy atom. The highest BCUT2D eigenvalue weighted by atomic mass is 32.1. The van der Waals surface area contributed by atoms with E-state index in [1.807, 2.05) is 12.3 Å². The summed E-state index contributed by atoms with van der Waals surface area (Å²) in [5.74, 6) is 2.27. The number of rotatable bonds is 4. The Morgan fingerprint density at radius 1 is 1.25 bits per heavy atom. The Morgan fingerprint density at radius 2 is 2.05 bits per heavy atom. The third-order valence-electron chi connectivity index (χ3n) is 3.73. The summed E-state index contributed by atoms with van der Waals surface area (Å²) in [6, 6.07) is 2.11. The van der Waals surface area contributed by atoms with E-state index in [2.05, 4.69) is 28.3 Å². The van der Waals surface area contributed by atoms with Crippen molar-refractivity contribution in [1.29, 1.82) is 0 Å². The molecule has 106 valence electrons. The van der Waals surface area contributed by atoms with E-state index < -0.39 is 0 Å². The van der Waals surface area contributed by atoms with Crippen molar-refractivity contribution in [3.8, 4) is 11.5 Å². The smallest absolute Gasteiger partial charge is 0.181 e. The summed E-state index contributed by atoms with van der Waals surface area (Å²) in [4.78, 5) is 13.9. The van der Waals surface area contributed by atoms with E-state index in [4.69, 9.17) is 4.98 Å². The van der Waals surface area contributed by atoms with Gasteiger partial charge in [0.2, 0.25) is 0 Å². The molecule has 2 heterocycles. The molecular weight excluding hydrogens is 268 g/mol. The van der Waals surface area contributed by atoms with Crippen LogP contribution in [0.5, 0.6) is 0 Å². The molecule has 0 radical (unpaired) electrons. The highest BCUT2D eigenvalue weighted by Gasteiger charge is 2.20. The summed E-state index contributed by atoms with van der Waals surface area (Å²) in [5, 5.41) is 6.41. The number of nitrogens with zero attached hydrogens (tertiary/aromatic N) is 3. The molecule has 1 N–H and O–H groups in total. The Hall–Kier alpha value is -1.49. The second-order valence-corrected chi connectivity index (χ2v) is 6.33. The Labute approximate surface area is 123 Å². The van der Waals surface area contributed by atoms with E-state index in [1.165, 1.54) is 31.4 Å². The molecule has 0 aromatic carbocycles. The van der Waals surface area contributed by atoms with Crippen LogP contribution in [-0.4, -0.2) is 21.5 Å². The van der Waals surface area contributed by atoms with Gasteiger partial charge in [-0.05, 0) is 26.7 Å². The molecule has 4 nitrogen and oxygen atoms in total. The molecule has 0 saturated heterocycles. The Kier molecular flexibility index (Phi) is 3.96. The first kappa shape index (κ1) is 13.5. The lowest BCUT2D eigenvalue weighted by Gasteiger charge is -2.12. The van der Waals surface area contributed by atoms with Crippen LogP contribution in [0.15, 0.2) is 11.4 Å². The number of aryl methyl sites for hydroxylation is 1. The predicted octanol–water partition coefficient (Wildman–Crippen LogP) is 4.00. The van der Waals surface area contributed by atoms with Crippen molar-refractivity contribution >= 4 is 17.2 Å². The molecular formula is C15H20N4S. The van der Waals surface area contributed by atoms with Crippen LogP contribution >= 0.6 is 11.3 Å². The largest absolute Gasteiger partial charge is 0.370 e. The van der Waals surface area contributed by atoms with Crippen LogP contribution < -0.4 is 5.32 Å². The maximum absolute atomic E-state index is 4.77. The number of nitrogens with one attached hydrogen (secondary N) is 1. The number of anilines is 1. The molecule has 3 rings (SSSR count). The molecule has 0 aliphatic heterocycles. The minimum atomic E-state index is 0.592. The summed E-state index contributed by atoms with van der Waals surface area (Å²) in [6.45, 7) is 4.97. The fourth-order valence-electron chi connectivity index (χ4n) is 2.75. The zero-order valence-electron chi connectivity index (χ0n) is 12.0. The van der Waals surface area contributed by atoms with Gasteiger partial charge in [-0.1, -0.05) is 12.8 Å². The van der Waals surface area contributed by atoms with Crippen LogP contribution in [-0.2, 0) is 0 Å². The number of hydrogen-bond acceptors (Lipinski definition) is 5. The maximum atomic E-state index is 4.77. The van der Waals surface area contributed by atoms with Crippen LogP contribution in [0.3, 0.4) is 0 Å². The van der Waals surface area contributed by atoms with Gasteiger partial charge in [-0.15, -0.1) is 11.3 Å². The van der Waals surface area contributed by atoms with Gasteiger partial charge in [-0.25, -0.2) is 15.0 Å². The number of thiazole rings is 1. The molecule has 0 atom stereocenters. The van der Waals surface area contributed by atoms with Crippen LogP contribution in [0.1, 0.15) is 49.2 Å². The molecule has 0 unspecified atom stereocenters. The van der Waals surface area contributed by atoms with Gasteiger partial charge >= 0.3 is 0 Å². The Balaban J connectivity index is 1.99. The van der Waals surface area contributed by atoms with Crippen molar-refractivity contribution in [3.05, 3.63) is 22.1 Å². The third-order valence-corrected chi connectivity index (χ3v) is 4.50. The number of aromatic nitrogens is 3. The minimum absolute atomic E-state index is 0.592. The van der Waals surface area contributed by atoms with E-state index in [0.717, 1.165) is 28.9 Å². The first-order valence-corrected chi connectivity index (χ1v) is 8.19. The number of hydrogen-bond donors (Lipinski definition) is 1. The van der Waals surface area contributed by atoms with Gasteiger partial charge in [0.1, 0.15) is 11.5 Å². The van der Waals surface area contributed by atoms with Crippen molar-refractivity contribution in [2.45, 2.75) is 45.4 Å². The zero-order valence-corrected chi connectivity index (χ0v) is 12.8. The minimum Gasteiger partial charge on any atom is -0.370 e.